The number of piperidine rings is 1. The van der Waals surface area contributed by atoms with Gasteiger partial charge in [-0.2, -0.15) is 4.31 Å². The predicted molar refractivity (Wildman–Crippen MR) is 102 cm³/mol. The summed E-state index contributed by atoms with van der Waals surface area (Å²) in [4.78, 5) is 24.0. The molecule has 1 aliphatic rings. The van der Waals surface area contributed by atoms with Crippen molar-refractivity contribution in [1.82, 2.24) is 9.62 Å². The zero-order chi connectivity index (χ0) is 20.0. The Morgan fingerprint density at radius 1 is 1.26 bits per heavy atom. The van der Waals surface area contributed by atoms with Gasteiger partial charge in [-0.05, 0) is 50.5 Å². The minimum absolute atomic E-state index is 0.0255. The van der Waals surface area contributed by atoms with Crippen molar-refractivity contribution in [3.8, 4) is 0 Å². The average molecular weight is 417 g/mol. The zero-order valence-electron chi connectivity index (χ0n) is 15.5. The van der Waals surface area contributed by atoms with Crippen LogP contribution in [0.3, 0.4) is 0 Å². The van der Waals surface area contributed by atoms with Crippen LogP contribution in [0, 0.1) is 5.92 Å². The van der Waals surface area contributed by atoms with Crippen LogP contribution in [0.2, 0.25) is 5.02 Å². The molecule has 27 heavy (non-hydrogen) atoms. The summed E-state index contributed by atoms with van der Waals surface area (Å²) in [6.45, 7) is 3.96. The molecule has 0 aromatic heterocycles. The molecule has 2 rings (SSSR count). The van der Waals surface area contributed by atoms with E-state index in [4.69, 9.17) is 16.3 Å². The molecular formula is C18H25ClN2O5S. The van der Waals surface area contributed by atoms with E-state index in [1.807, 2.05) is 13.8 Å². The molecule has 0 saturated carbocycles. The molecule has 0 unspecified atom stereocenters. The lowest BCUT2D eigenvalue weighted by Gasteiger charge is -2.30. The summed E-state index contributed by atoms with van der Waals surface area (Å²) < 4.78 is 31.7. The standard InChI is InChI=1S/C18H25ClN2O5S/c1-3-13(2)20-17(22)12-26-18(23)14-8-10-21(11-9-14)27(24,25)16-6-4-15(19)5-7-16/h4-7,13-14H,3,8-12H2,1-2H3,(H,20,22)/t13-/m1/s1. The van der Waals surface area contributed by atoms with Gasteiger partial charge in [-0.3, -0.25) is 9.59 Å². The van der Waals surface area contributed by atoms with Crippen molar-refractivity contribution in [2.45, 2.75) is 44.0 Å². The van der Waals surface area contributed by atoms with Crippen molar-refractivity contribution >= 4 is 33.5 Å². The highest BCUT2D eigenvalue weighted by molar-refractivity contribution is 7.89. The molecule has 1 fully saturated rings. The second kappa shape index (κ2) is 9.52. The zero-order valence-corrected chi connectivity index (χ0v) is 17.1. The van der Waals surface area contributed by atoms with Crippen LogP contribution in [-0.4, -0.2) is 50.3 Å². The van der Waals surface area contributed by atoms with E-state index in [0.29, 0.717) is 17.9 Å². The number of carbonyl (C=O) groups excluding carboxylic acids is 2. The van der Waals surface area contributed by atoms with Gasteiger partial charge in [0.15, 0.2) is 6.61 Å². The van der Waals surface area contributed by atoms with Gasteiger partial charge in [0.2, 0.25) is 10.0 Å². The summed E-state index contributed by atoms with van der Waals surface area (Å²) in [6, 6.07) is 6.02. The molecule has 150 valence electrons. The highest BCUT2D eigenvalue weighted by Crippen LogP contribution is 2.25. The summed E-state index contributed by atoms with van der Waals surface area (Å²) in [6.07, 6.45) is 1.51. The number of amides is 1. The fraction of sp³-hybridized carbons (Fsp3) is 0.556. The highest BCUT2D eigenvalue weighted by Gasteiger charge is 2.33. The van der Waals surface area contributed by atoms with Crippen LogP contribution in [0.1, 0.15) is 33.1 Å². The number of sulfonamides is 1. The van der Waals surface area contributed by atoms with Gasteiger partial charge in [-0.1, -0.05) is 18.5 Å². The topological polar surface area (TPSA) is 92.8 Å². The monoisotopic (exact) mass is 416 g/mol. The molecule has 1 atom stereocenters. The second-order valence-electron chi connectivity index (χ2n) is 6.62. The summed E-state index contributed by atoms with van der Waals surface area (Å²) in [5.74, 6) is -1.20. The quantitative estimate of drug-likeness (QED) is 0.688. The van der Waals surface area contributed by atoms with Crippen LogP contribution in [0.15, 0.2) is 29.2 Å². The third-order valence-corrected chi connectivity index (χ3v) is 6.77. The third kappa shape index (κ3) is 5.92. The first-order valence-corrected chi connectivity index (χ1v) is 10.8. The Kier molecular flexibility index (Phi) is 7.64. The van der Waals surface area contributed by atoms with Gasteiger partial charge >= 0.3 is 5.97 Å². The molecule has 7 nitrogen and oxygen atoms in total. The highest BCUT2D eigenvalue weighted by atomic mass is 35.5. The smallest absolute Gasteiger partial charge is 0.309 e. The molecule has 1 heterocycles. The minimum Gasteiger partial charge on any atom is -0.455 e. The Morgan fingerprint density at radius 2 is 1.85 bits per heavy atom. The van der Waals surface area contributed by atoms with E-state index >= 15 is 0 Å². The lowest BCUT2D eigenvalue weighted by molar-refractivity contribution is -0.153. The van der Waals surface area contributed by atoms with Crippen LogP contribution < -0.4 is 5.32 Å². The fourth-order valence-corrected chi connectivity index (χ4v) is 4.36. The molecule has 0 spiro atoms. The Labute approximate surface area is 165 Å². The third-order valence-electron chi connectivity index (χ3n) is 4.60. The van der Waals surface area contributed by atoms with Gasteiger partial charge in [0.05, 0.1) is 10.8 Å². The van der Waals surface area contributed by atoms with E-state index in [1.54, 1.807) is 0 Å². The molecule has 1 aromatic carbocycles. The molecule has 1 amide bonds. The largest absolute Gasteiger partial charge is 0.455 e. The Balaban J connectivity index is 1.84. The van der Waals surface area contributed by atoms with E-state index in [9.17, 15) is 18.0 Å². The van der Waals surface area contributed by atoms with Gasteiger partial charge in [0.1, 0.15) is 0 Å². The molecule has 0 bridgehead atoms. The number of benzene rings is 1. The maximum Gasteiger partial charge on any atom is 0.309 e. The van der Waals surface area contributed by atoms with E-state index in [1.165, 1.54) is 28.6 Å². The van der Waals surface area contributed by atoms with E-state index in [-0.39, 0.29) is 36.5 Å². The van der Waals surface area contributed by atoms with E-state index in [2.05, 4.69) is 5.32 Å². The number of hydrogen-bond donors (Lipinski definition) is 1. The van der Waals surface area contributed by atoms with Crippen LogP contribution in [0.25, 0.3) is 0 Å². The number of hydrogen-bond acceptors (Lipinski definition) is 5. The summed E-state index contributed by atoms with van der Waals surface area (Å²) in [5, 5.41) is 3.19. The Hall–Kier alpha value is -1.64. The molecule has 1 aliphatic heterocycles. The van der Waals surface area contributed by atoms with Gasteiger partial charge in [0.25, 0.3) is 5.91 Å². The summed E-state index contributed by atoms with van der Waals surface area (Å²) >= 11 is 5.80. The number of esters is 1. The van der Waals surface area contributed by atoms with E-state index in [0.717, 1.165) is 6.42 Å². The SMILES string of the molecule is CC[C@@H](C)NC(=O)COC(=O)C1CCN(S(=O)(=O)c2ccc(Cl)cc2)CC1. The number of nitrogens with zero attached hydrogens (tertiary/aromatic N) is 1. The molecule has 0 radical (unpaired) electrons. The summed E-state index contributed by atoms with van der Waals surface area (Å²) in [7, 11) is -3.61. The second-order valence-corrected chi connectivity index (χ2v) is 8.99. The first-order valence-electron chi connectivity index (χ1n) is 8.95. The van der Waals surface area contributed by atoms with Gasteiger partial charge in [0, 0.05) is 24.2 Å². The first kappa shape index (κ1) is 21.7. The maximum absolute atomic E-state index is 12.6. The molecule has 1 aromatic rings. The number of nitrogens with one attached hydrogen (secondary N) is 1. The predicted octanol–water partition coefficient (Wildman–Crippen LogP) is 2.20. The molecule has 9 heteroatoms. The first-order chi connectivity index (χ1) is 12.7. The number of halogens is 1. The minimum atomic E-state index is -3.61. The van der Waals surface area contributed by atoms with Gasteiger partial charge < -0.3 is 10.1 Å². The Bertz CT molecular complexity index is 758. The van der Waals surface area contributed by atoms with Gasteiger partial charge in [-0.25, -0.2) is 8.42 Å². The number of carbonyl (C=O) groups is 2. The normalized spacial score (nSPS) is 17.3. The molecule has 0 aliphatic carbocycles. The molecule has 1 saturated heterocycles. The average Bonchev–Trinajstić information content (AvgIpc) is 2.66. The van der Waals surface area contributed by atoms with Crippen LogP contribution in [0.4, 0.5) is 0 Å². The van der Waals surface area contributed by atoms with Crippen LogP contribution >= 0.6 is 11.6 Å². The number of ether oxygens (including phenoxy) is 1. The van der Waals surface area contributed by atoms with Gasteiger partial charge in [-0.15, -0.1) is 0 Å². The molecule has 1 N–H and O–H groups in total. The van der Waals surface area contributed by atoms with Crippen molar-refractivity contribution in [2.24, 2.45) is 5.92 Å². The molecular weight excluding hydrogens is 392 g/mol. The van der Waals surface area contributed by atoms with Crippen molar-refractivity contribution < 1.29 is 22.7 Å². The Morgan fingerprint density at radius 3 is 2.41 bits per heavy atom. The van der Waals surface area contributed by atoms with Crippen molar-refractivity contribution in [1.29, 1.82) is 0 Å². The fourth-order valence-electron chi connectivity index (χ4n) is 2.76. The lowest BCUT2D eigenvalue weighted by atomic mass is 9.98. The van der Waals surface area contributed by atoms with Crippen LogP contribution in [0.5, 0.6) is 0 Å². The van der Waals surface area contributed by atoms with Crippen molar-refractivity contribution in [2.75, 3.05) is 19.7 Å². The summed E-state index contributed by atoms with van der Waals surface area (Å²) in [5.41, 5.74) is 0. The van der Waals surface area contributed by atoms with Crippen molar-refractivity contribution in [3.05, 3.63) is 29.3 Å². The maximum atomic E-state index is 12.6. The number of rotatable bonds is 7. The van der Waals surface area contributed by atoms with E-state index < -0.39 is 21.9 Å². The van der Waals surface area contributed by atoms with Crippen molar-refractivity contribution in [3.63, 3.8) is 0 Å². The lowest BCUT2D eigenvalue weighted by Crippen LogP contribution is -2.41. The van der Waals surface area contributed by atoms with Crippen LogP contribution in [-0.2, 0) is 24.3 Å².